The van der Waals surface area contributed by atoms with Gasteiger partial charge in [0.25, 0.3) is 0 Å². The molecule has 7 heteroatoms. The SMILES string of the molecule is COc1ccccc1C1CCN(c2nc(N(C)C)nc3ccc(NCCO)cc23)CC1. The van der Waals surface area contributed by atoms with E-state index in [1.807, 2.05) is 43.3 Å². The van der Waals surface area contributed by atoms with Crippen LogP contribution in [0.1, 0.15) is 24.3 Å². The highest BCUT2D eigenvalue weighted by atomic mass is 16.5. The van der Waals surface area contributed by atoms with Crippen molar-refractivity contribution >= 4 is 28.4 Å². The third-order valence-electron chi connectivity index (χ3n) is 5.88. The van der Waals surface area contributed by atoms with Gasteiger partial charge in [0, 0.05) is 44.8 Å². The smallest absolute Gasteiger partial charge is 0.227 e. The lowest BCUT2D eigenvalue weighted by Gasteiger charge is -2.34. The van der Waals surface area contributed by atoms with Crippen molar-refractivity contribution in [2.24, 2.45) is 0 Å². The zero-order valence-corrected chi connectivity index (χ0v) is 18.5. The summed E-state index contributed by atoms with van der Waals surface area (Å²) in [6.07, 6.45) is 2.09. The Bertz CT molecular complexity index is 1030. The second-order valence-electron chi connectivity index (χ2n) is 8.13. The van der Waals surface area contributed by atoms with Crippen LogP contribution in [0.4, 0.5) is 17.5 Å². The Morgan fingerprint density at radius 1 is 1.13 bits per heavy atom. The number of fused-ring (bicyclic) bond motifs is 1. The Balaban J connectivity index is 1.63. The number of piperidine rings is 1. The number of hydrogen-bond acceptors (Lipinski definition) is 7. The lowest BCUT2D eigenvalue weighted by Crippen LogP contribution is -2.34. The van der Waals surface area contributed by atoms with E-state index in [9.17, 15) is 0 Å². The minimum Gasteiger partial charge on any atom is -0.496 e. The molecule has 164 valence electrons. The number of aliphatic hydroxyl groups excluding tert-OH is 1. The molecule has 7 nitrogen and oxygen atoms in total. The summed E-state index contributed by atoms with van der Waals surface area (Å²) in [7, 11) is 5.68. The molecular formula is C24H31N5O2. The Kier molecular flexibility index (Phi) is 6.42. The standard InChI is InChI=1S/C24H31N5O2/c1-28(2)24-26-21-9-8-18(25-12-15-30)16-20(21)23(27-24)29-13-10-17(11-14-29)19-6-4-5-7-22(19)31-3/h4-9,16-17,25,30H,10-15H2,1-3H3. The molecule has 4 rings (SSSR count). The van der Waals surface area contributed by atoms with Gasteiger partial charge >= 0.3 is 0 Å². The van der Waals surface area contributed by atoms with Crippen molar-refractivity contribution in [1.82, 2.24) is 9.97 Å². The summed E-state index contributed by atoms with van der Waals surface area (Å²) in [5.74, 6) is 3.14. The van der Waals surface area contributed by atoms with Gasteiger partial charge in [0.1, 0.15) is 11.6 Å². The van der Waals surface area contributed by atoms with Gasteiger partial charge < -0.3 is 25.0 Å². The summed E-state index contributed by atoms with van der Waals surface area (Å²) in [6, 6.07) is 14.5. The lowest BCUT2D eigenvalue weighted by atomic mass is 9.88. The molecule has 1 saturated heterocycles. The van der Waals surface area contributed by atoms with E-state index in [1.165, 1.54) is 5.56 Å². The van der Waals surface area contributed by atoms with E-state index in [1.54, 1.807) is 7.11 Å². The molecule has 0 radical (unpaired) electrons. The fraction of sp³-hybridized carbons (Fsp3) is 0.417. The van der Waals surface area contributed by atoms with Crippen LogP contribution >= 0.6 is 0 Å². The van der Waals surface area contributed by atoms with Crippen LogP contribution in [0, 0.1) is 0 Å². The minimum absolute atomic E-state index is 0.0947. The number of para-hydroxylation sites is 1. The van der Waals surface area contributed by atoms with Crippen molar-refractivity contribution in [3.8, 4) is 5.75 Å². The maximum absolute atomic E-state index is 9.14. The molecule has 1 aliphatic rings. The maximum Gasteiger partial charge on any atom is 0.227 e. The first kappa shape index (κ1) is 21.2. The minimum atomic E-state index is 0.0947. The van der Waals surface area contributed by atoms with Gasteiger partial charge in [-0.1, -0.05) is 18.2 Å². The number of aromatic nitrogens is 2. The number of aliphatic hydroxyl groups is 1. The highest BCUT2D eigenvalue weighted by molar-refractivity contribution is 5.93. The predicted octanol–water partition coefficient (Wildman–Crippen LogP) is 3.49. The molecule has 1 fully saturated rings. The van der Waals surface area contributed by atoms with Crippen LogP contribution in [-0.2, 0) is 0 Å². The molecule has 2 aromatic carbocycles. The molecule has 0 aliphatic carbocycles. The Morgan fingerprint density at radius 3 is 2.61 bits per heavy atom. The largest absolute Gasteiger partial charge is 0.496 e. The summed E-state index contributed by atoms with van der Waals surface area (Å²) in [4.78, 5) is 14.0. The number of methoxy groups -OCH3 is 1. The number of benzene rings is 2. The molecule has 3 aromatic rings. The van der Waals surface area contributed by atoms with Gasteiger partial charge in [-0.05, 0) is 48.6 Å². The molecule has 0 bridgehead atoms. The van der Waals surface area contributed by atoms with Crippen molar-refractivity contribution in [3.63, 3.8) is 0 Å². The van der Waals surface area contributed by atoms with Crippen LogP contribution in [0.15, 0.2) is 42.5 Å². The summed E-state index contributed by atoms with van der Waals surface area (Å²) in [5.41, 5.74) is 3.18. The second-order valence-corrected chi connectivity index (χ2v) is 8.13. The van der Waals surface area contributed by atoms with Crippen molar-refractivity contribution in [2.75, 3.05) is 62.6 Å². The van der Waals surface area contributed by atoms with E-state index in [0.29, 0.717) is 18.4 Å². The molecule has 0 amide bonds. The Labute approximate surface area is 183 Å². The molecule has 2 N–H and O–H groups in total. The highest BCUT2D eigenvalue weighted by Gasteiger charge is 2.25. The van der Waals surface area contributed by atoms with Gasteiger partial charge in [-0.15, -0.1) is 0 Å². The molecule has 0 saturated carbocycles. The van der Waals surface area contributed by atoms with Crippen LogP contribution in [0.2, 0.25) is 0 Å². The number of anilines is 3. The van der Waals surface area contributed by atoms with Crippen molar-refractivity contribution in [2.45, 2.75) is 18.8 Å². The number of ether oxygens (including phenoxy) is 1. The monoisotopic (exact) mass is 421 g/mol. The summed E-state index contributed by atoms with van der Waals surface area (Å²) in [6.45, 7) is 2.46. The molecule has 2 heterocycles. The van der Waals surface area contributed by atoms with Crippen LogP contribution in [0.3, 0.4) is 0 Å². The molecule has 0 spiro atoms. The highest BCUT2D eigenvalue weighted by Crippen LogP contribution is 2.37. The molecule has 31 heavy (non-hydrogen) atoms. The van der Waals surface area contributed by atoms with E-state index in [4.69, 9.17) is 19.8 Å². The number of hydrogen-bond donors (Lipinski definition) is 2. The summed E-state index contributed by atoms with van der Waals surface area (Å²) in [5, 5.41) is 13.4. The first-order valence-corrected chi connectivity index (χ1v) is 10.8. The molecule has 1 aromatic heterocycles. The fourth-order valence-electron chi connectivity index (χ4n) is 4.26. The lowest BCUT2D eigenvalue weighted by molar-refractivity contribution is 0.311. The van der Waals surface area contributed by atoms with Crippen molar-refractivity contribution in [3.05, 3.63) is 48.0 Å². The summed E-state index contributed by atoms with van der Waals surface area (Å²) >= 11 is 0. The third kappa shape index (κ3) is 4.51. The molecule has 0 atom stereocenters. The van der Waals surface area contributed by atoms with Crippen molar-refractivity contribution in [1.29, 1.82) is 0 Å². The second kappa shape index (κ2) is 9.39. The van der Waals surface area contributed by atoms with E-state index < -0.39 is 0 Å². The van der Waals surface area contributed by atoms with E-state index in [-0.39, 0.29) is 6.61 Å². The summed E-state index contributed by atoms with van der Waals surface area (Å²) < 4.78 is 5.59. The van der Waals surface area contributed by atoms with Gasteiger partial charge in [0.15, 0.2) is 0 Å². The van der Waals surface area contributed by atoms with Gasteiger partial charge in [-0.3, -0.25) is 0 Å². The van der Waals surface area contributed by atoms with E-state index in [0.717, 1.165) is 54.1 Å². The predicted molar refractivity (Wildman–Crippen MR) is 127 cm³/mol. The van der Waals surface area contributed by atoms with Gasteiger partial charge in [-0.25, -0.2) is 4.98 Å². The third-order valence-corrected chi connectivity index (χ3v) is 5.88. The van der Waals surface area contributed by atoms with Gasteiger partial charge in [0.2, 0.25) is 5.95 Å². The fourth-order valence-corrected chi connectivity index (χ4v) is 4.26. The number of nitrogens with one attached hydrogen (secondary N) is 1. The molecule has 0 unspecified atom stereocenters. The van der Waals surface area contributed by atoms with Gasteiger partial charge in [0.05, 0.1) is 19.2 Å². The number of nitrogens with zero attached hydrogens (tertiary/aromatic N) is 4. The van der Waals surface area contributed by atoms with Crippen LogP contribution in [0.25, 0.3) is 10.9 Å². The van der Waals surface area contributed by atoms with Crippen LogP contribution in [-0.4, -0.2) is 62.5 Å². The van der Waals surface area contributed by atoms with E-state index >= 15 is 0 Å². The van der Waals surface area contributed by atoms with Gasteiger partial charge in [-0.2, -0.15) is 4.98 Å². The molecular weight excluding hydrogens is 390 g/mol. The average molecular weight is 422 g/mol. The zero-order chi connectivity index (χ0) is 21.8. The average Bonchev–Trinajstić information content (AvgIpc) is 2.82. The normalized spacial score (nSPS) is 14.6. The Hall–Kier alpha value is -3.06. The van der Waals surface area contributed by atoms with Crippen LogP contribution < -0.4 is 19.9 Å². The zero-order valence-electron chi connectivity index (χ0n) is 18.5. The number of rotatable bonds is 7. The maximum atomic E-state index is 9.14. The first-order chi connectivity index (χ1) is 15.1. The Morgan fingerprint density at radius 2 is 1.90 bits per heavy atom. The quantitative estimate of drug-likeness (QED) is 0.605. The van der Waals surface area contributed by atoms with Crippen molar-refractivity contribution < 1.29 is 9.84 Å². The van der Waals surface area contributed by atoms with Crippen LogP contribution in [0.5, 0.6) is 5.75 Å². The topological polar surface area (TPSA) is 73.8 Å². The molecule has 1 aliphatic heterocycles. The first-order valence-electron chi connectivity index (χ1n) is 10.8. The van der Waals surface area contributed by atoms with E-state index in [2.05, 4.69) is 28.4 Å².